The lowest BCUT2D eigenvalue weighted by Gasteiger charge is -2.23. The highest BCUT2D eigenvalue weighted by Gasteiger charge is 2.22. The average Bonchev–Trinajstić information content (AvgIpc) is 2.37. The Kier molecular flexibility index (Phi) is 5.55. The van der Waals surface area contributed by atoms with Crippen LogP contribution in [0.15, 0.2) is 24.3 Å². The van der Waals surface area contributed by atoms with E-state index in [-0.39, 0.29) is 24.0 Å². The number of aliphatic hydroxyl groups is 1. The molecule has 0 bridgehead atoms. The molecule has 0 spiro atoms. The summed E-state index contributed by atoms with van der Waals surface area (Å²) in [5.74, 6) is -0.0502. The highest BCUT2D eigenvalue weighted by Crippen LogP contribution is 2.25. The van der Waals surface area contributed by atoms with Gasteiger partial charge in [0.05, 0.1) is 0 Å². The van der Waals surface area contributed by atoms with Crippen LogP contribution in [0.1, 0.15) is 56.5 Å². The maximum absolute atomic E-state index is 12.4. The number of hydrogen-bond acceptors (Lipinski definition) is 2. The van der Waals surface area contributed by atoms with Gasteiger partial charge in [0.25, 0.3) is 5.91 Å². The van der Waals surface area contributed by atoms with Gasteiger partial charge < -0.3 is 10.4 Å². The number of carbonyl (C=O) groups excluding carboxylic acids is 1. The van der Waals surface area contributed by atoms with Crippen LogP contribution in [0.5, 0.6) is 0 Å². The Balaban J connectivity index is 2.94. The van der Waals surface area contributed by atoms with Crippen molar-refractivity contribution >= 4 is 5.91 Å². The summed E-state index contributed by atoms with van der Waals surface area (Å²) in [5.41, 5.74) is 1.71. The summed E-state index contributed by atoms with van der Waals surface area (Å²) in [4.78, 5) is 12.4. The van der Waals surface area contributed by atoms with Gasteiger partial charge in [0.1, 0.15) is 0 Å². The lowest BCUT2D eigenvalue weighted by atomic mass is 9.83. The number of carbonyl (C=O) groups is 1. The van der Waals surface area contributed by atoms with E-state index in [0.717, 1.165) is 17.5 Å². The minimum atomic E-state index is -0.0629. The number of amides is 1. The smallest absolute Gasteiger partial charge is 0.251 e. The minimum Gasteiger partial charge on any atom is -0.396 e. The first kappa shape index (κ1) is 15.7. The van der Waals surface area contributed by atoms with Crippen molar-refractivity contribution in [2.24, 2.45) is 0 Å². The van der Waals surface area contributed by atoms with Gasteiger partial charge in [-0.25, -0.2) is 0 Å². The van der Waals surface area contributed by atoms with Crippen molar-refractivity contribution in [2.75, 3.05) is 6.61 Å². The Labute approximate surface area is 116 Å². The van der Waals surface area contributed by atoms with Crippen LogP contribution in [0, 0.1) is 0 Å². The standard InChI is InChI=1S/C16H25NO2/c1-5-12(10-11-18)17-15(19)13-8-6-7-9-14(13)16(2,3)4/h6-9,12,18H,5,10-11H2,1-4H3,(H,17,19). The van der Waals surface area contributed by atoms with E-state index in [4.69, 9.17) is 5.11 Å². The Morgan fingerprint density at radius 2 is 1.95 bits per heavy atom. The molecule has 0 aromatic heterocycles. The van der Waals surface area contributed by atoms with Gasteiger partial charge in [0.15, 0.2) is 0 Å². The van der Waals surface area contributed by atoms with E-state index < -0.39 is 0 Å². The van der Waals surface area contributed by atoms with E-state index in [1.165, 1.54) is 0 Å². The van der Waals surface area contributed by atoms with E-state index in [2.05, 4.69) is 26.1 Å². The molecule has 2 N–H and O–H groups in total. The van der Waals surface area contributed by atoms with Gasteiger partial charge >= 0.3 is 0 Å². The first-order chi connectivity index (χ1) is 8.90. The first-order valence-electron chi connectivity index (χ1n) is 6.91. The van der Waals surface area contributed by atoms with Crippen molar-refractivity contribution in [1.82, 2.24) is 5.32 Å². The molecule has 0 fully saturated rings. The predicted octanol–water partition coefficient (Wildman–Crippen LogP) is 2.87. The number of benzene rings is 1. The molecule has 1 atom stereocenters. The summed E-state index contributed by atoms with van der Waals surface area (Å²) < 4.78 is 0. The second-order valence-electron chi connectivity index (χ2n) is 5.89. The molecule has 0 saturated carbocycles. The lowest BCUT2D eigenvalue weighted by Crippen LogP contribution is -2.36. The molecule has 3 nitrogen and oxygen atoms in total. The Bertz CT molecular complexity index is 421. The fraction of sp³-hybridized carbons (Fsp3) is 0.562. The van der Waals surface area contributed by atoms with Gasteiger partial charge in [0.2, 0.25) is 0 Å². The molecular formula is C16H25NO2. The monoisotopic (exact) mass is 263 g/mol. The predicted molar refractivity (Wildman–Crippen MR) is 78.4 cm³/mol. The zero-order valence-electron chi connectivity index (χ0n) is 12.4. The summed E-state index contributed by atoms with van der Waals surface area (Å²) in [5, 5.41) is 12.0. The van der Waals surface area contributed by atoms with Crippen LogP contribution in [-0.4, -0.2) is 23.7 Å². The fourth-order valence-electron chi connectivity index (χ4n) is 2.13. The summed E-state index contributed by atoms with van der Waals surface area (Å²) in [6.07, 6.45) is 1.42. The van der Waals surface area contributed by atoms with Crippen LogP contribution >= 0.6 is 0 Å². The van der Waals surface area contributed by atoms with E-state index >= 15 is 0 Å². The van der Waals surface area contributed by atoms with Gasteiger partial charge in [-0.05, 0) is 29.9 Å². The van der Waals surface area contributed by atoms with E-state index in [1.807, 2.05) is 31.2 Å². The van der Waals surface area contributed by atoms with Gasteiger partial charge in [-0.1, -0.05) is 45.9 Å². The number of nitrogens with one attached hydrogen (secondary N) is 1. The van der Waals surface area contributed by atoms with Crippen LogP contribution in [0.4, 0.5) is 0 Å². The molecule has 1 amide bonds. The van der Waals surface area contributed by atoms with Crippen molar-refractivity contribution in [1.29, 1.82) is 0 Å². The van der Waals surface area contributed by atoms with Gasteiger partial charge in [0, 0.05) is 18.2 Å². The molecular weight excluding hydrogens is 238 g/mol. The zero-order chi connectivity index (χ0) is 14.5. The summed E-state index contributed by atoms with van der Waals surface area (Å²) in [6.45, 7) is 8.41. The number of hydrogen-bond donors (Lipinski definition) is 2. The average molecular weight is 263 g/mol. The third kappa shape index (κ3) is 4.35. The third-order valence-electron chi connectivity index (χ3n) is 3.29. The molecule has 1 rings (SSSR count). The SMILES string of the molecule is CCC(CCO)NC(=O)c1ccccc1C(C)(C)C. The molecule has 0 aliphatic rings. The van der Waals surface area contributed by atoms with Gasteiger partial charge in [-0.15, -0.1) is 0 Å². The molecule has 0 saturated heterocycles. The molecule has 1 aromatic rings. The highest BCUT2D eigenvalue weighted by molar-refractivity contribution is 5.96. The quantitative estimate of drug-likeness (QED) is 0.858. The second kappa shape index (κ2) is 6.71. The van der Waals surface area contributed by atoms with E-state index in [0.29, 0.717) is 6.42 Å². The summed E-state index contributed by atoms with van der Waals surface area (Å²) in [6, 6.07) is 7.74. The molecule has 0 aliphatic carbocycles. The van der Waals surface area contributed by atoms with Crippen LogP contribution in [0.25, 0.3) is 0 Å². The van der Waals surface area contributed by atoms with Crippen molar-refractivity contribution in [3.63, 3.8) is 0 Å². The molecule has 0 heterocycles. The van der Waals surface area contributed by atoms with Gasteiger partial charge in [-0.2, -0.15) is 0 Å². The summed E-state index contributed by atoms with van der Waals surface area (Å²) >= 11 is 0. The van der Waals surface area contributed by atoms with Crippen LogP contribution in [-0.2, 0) is 5.41 Å². The zero-order valence-corrected chi connectivity index (χ0v) is 12.4. The van der Waals surface area contributed by atoms with Crippen molar-refractivity contribution in [2.45, 2.75) is 52.0 Å². The molecule has 19 heavy (non-hydrogen) atoms. The van der Waals surface area contributed by atoms with Crippen LogP contribution in [0.3, 0.4) is 0 Å². The maximum Gasteiger partial charge on any atom is 0.251 e. The fourth-order valence-corrected chi connectivity index (χ4v) is 2.13. The van der Waals surface area contributed by atoms with Crippen molar-refractivity contribution < 1.29 is 9.90 Å². The second-order valence-corrected chi connectivity index (χ2v) is 5.89. The maximum atomic E-state index is 12.4. The topological polar surface area (TPSA) is 49.3 Å². The van der Waals surface area contributed by atoms with Crippen LogP contribution in [0.2, 0.25) is 0 Å². The van der Waals surface area contributed by atoms with E-state index in [9.17, 15) is 4.79 Å². The Hall–Kier alpha value is -1.35. The molecule has 0 radical (unpaired) electrons. The largest absolute Gasteiger partial charge is 0.396 e. The Morgan fingerprint density at radius 1 is 1.32 bits per heavy atom. The molecule has 106 valence electrons. The molecule has 0 aliphatic heterocycles. The third-order valence-corrected chi connectivity index (χ3v) is 3.29. The highest BCUT2D eigenvalue weighted by atomic mass is 16.3. The Morgan fingerprint density at radius 3 is 2.47 bits per heavy atom. The van der Waals surface area contributed by atoms with Crippen LogP contribution < -0.4 is 5.32 Å². The number of aliphatic hydroxyl groups excluding tert-OH is 1. The van der Waals surface area contributed by atoms with Gasteiger partial charge in [-0.3, -0.25) is 4.79 Å². The van der Waals surface area contributed by atoms with Crippen molar-refractivity contribution in [3.8, 4) is 0 Å². The minimum absolute atomic E-state index is 0.0329. The summed E-state index contributed by atoms with van der Waals surface area (Å²) in [7, 11) is 0. The van der Waals surface area contributed by atoms with E-state index in [1.54, 1.807) is 0 Å². The van der Waals surface area contributed by atoms with Crippen molar-refractivity contribution in [3.05, 3.63) is 35.4 Å². The lowest BCUT2D eigenvalue weighted by molar-refractivity contribution is 0.0927. The number of rotatable bonds is 5. The first-order valence-corrected chi connectivity index (χ1v) is 6.91. The normalized spacial score (nSPS) is 13.1. The molecule has 1 unspecified atom stereocenters. The molecule has 3 heteroatoms. The molecule has 1 aromatic carbocycles.